The number of carboxylic acid groups (broad SMARTS) is 1. The van der Waals surface area contributed by atoms with E-state index in [4.69, 9.17) is 14.2 Å². The number of nitrogens with zero attached hydrogens (tertiary/aromatic N) is 1. The van der Waals surface area contributed by atoms with Gasteiger partial charge < -0.3 is 23.8 Å². The van der Waals surface area contributed by atoms with Crippen molar-refractivity contribution < 1.29 is 38.2 Å². The largest absolute Gasteiger partial charge is 0.477 e. The number of unbranched alkanes of at least 4 members (excludes halogenated alkanes) is 6. The highest BCUT2D eigenvalue weighted by Crippen LogP contribution is 2.11. The molecule has 0 saturated heterocycles. The van der Waals surface area contributed by atoms with Crippen molar-refractivity contribution in [1.29, 1.82) is 0 Å². The number of carboxylic acids is 1. The molecule has 0 spiro atoms. The molecule has 0 saturated carbocycles. The Morgan fingerprint density at radius 2 is 1.05 bits per heavy atom. The molecule has 308 valence electrons. The van der Waals surface area contributed by atoms with Crippen molar-refractivity contribution in [2.75, 3.05) is 41.0 Å². The third-order valence-electron chi connectivity index (χ3n) is 8.30. The fourth-order valence-corrected chi connectivity index (χ4v) is 5.16. The molecule has 0 aromatic heterocycles. The Bertz CT molecular complexity index is 1260. The summed E-state index contributed by atoms with van der Waals surface area (Å²) in [5.41, 5.74) is 0. The molecule has 0 aliphatic rings. The molecule has 0 rings (SSSR count). The summed E-state index contributed by atoms with van der Waals surface area (Å²) in [6, 6.07) is -0.634. The molecule has 0 fully saturated rings. The van der Waals surface area contributed by atoms with Gasteiger partial charge in [0.15, 0.2) is 12.1 Å². The van der Waals surface area contributed by atoms with E-state index < -0.39 is 18.1 Å². The van der Waals surface area contributed by atoms with E-state index in [9.17, 15) is 19.5 Å². The van der Waals surface area contributed by atoms with Gasteiger partial charge in [0.1, 0.15) is 6.61 Å². The van der Waals surface area contributed by atoms with Gasteiger partial charge in [0, 0.05) is 19.3 Å². The Morgan fingerprint density at radius 3 is 1.60 bits per heavy atom. The normalized spacial score (nSPS) is 14.1. The SMILES string of the molecule is CC/C=C/C=C/C=C/C=C/C=C/CCCCCC(=O)OC(COCCC(C(=O)O)[N+](C)(C)C)COC(=O)CCCCC/C=C/C/C=C/C/C=C/C/C=C/CC. The van der Waals surface area contributed by atoms with Crippen molar-refractivity contribution in [3.63, 3.8) is 0 Å². The maximum absolute atomic E-state index is 12.7. The molecule has 2 atom stereocenters. The number of quaternary nitrogens is 1. The highest BCUT2D eigenvalue weighted by Gasteiger charge is 2.31. The number of ether oxygens (including phenoxy) is 3. The third kappa shape index (κ3) is 35.4. The van der Waals surface area contributed by atoms with Gasteiger partial charge in [0.25, 0.3) is 0 Å². The molecule has 0 amide bonds. The molecule has 0 aromatic carbocycles. The van der Waals surface area contributed by atoms with Crippen molar-refractivity contribution in [3.8, 4) is 0 Å². The van der Waals surface area contributed by atoms with Gasteiger partial charge in [0.05, 0.1) is 34.4 Å². The molecular formula is C47H74NO7+. The predicted molar refractivity (Wildman–Crippen MR) is 229 cm³/mol. The second-order valence-corrected chi connectivity index (χ2v) is 14.2. The molecule has 0 aliphatic heterocycles. The molecule has 8 nitrogen and oxygen atoms in total. The molecule has 0 aromatic rings. The second kappa shape index (κ2) is 36.9. The number of carbonyl (C=O) groups is 3. The van der Waals surface area contributed by atoms with Gasteiger partial charge in [-0.25, -0.2) is 4.79 Å². The molecular weight excluding hydrogens is 691 g/mol. The number of likely N-dealkylation sites (N-methyl/N-ethyl adjacent to an activating group) is 1. The first-order valence-electron chi connectivity index (χ1n) is 20.5. The van der Waals surface area contributed by atoms with Gasteiger partial charge in [-0.15, -0.1) is 0 Å². The van der Waals surface area contributed by atoms with E-state index in [0.717, 1.165) is 77.0 Å². The summed E-state index contributed by atoms with van der Waals surface area (Å²) in [4.78, 5) is 36.9. The van der Waals surface area contributed by atoms with Crippen LogP contribution in [-0.2, 0) is 28.6 Å². The predicted octanol–water partition coefficient (Wildman–Crippen LogP) is 10.9. The van der Waals surface area contributed by atoms with E-state index in [2.05, 4.69) is 74.6 Å². The van der Waals surface area contributed by atoms with Crippen LogP contribution in [0, 0.1) is 0 Å². The zero-order chi connectivity index (χ0) is 40.7. The van der Waals surface area contributed by atoms with Crippen LogP contribution >= 0.6 is 0 Å². The first kappa shape index (κ1) is 51.0. The van der Waals surface area contributed by atoms with Crippen LogP contribution in [0.15, 0.2) is 109 Å². The maximum atomic E-state index is 12.7. The monoisotopic (exact) mass is 765 g/mol. The summed E-state index contributed by atoms with van der Waals surface area (Å²) in [7, 11) is 5.48. The number of carbonyl (C=O) groups excluding carboxylic acids is 2. The lowest BCUT2D eigenvalue weighted by Gasteiger charge is -2.31. The first-order valence-corrected chi connectivity index (χ1v) is 20.5. The maximum Gasteiger partial charge on any atom is 0.362 e. The quantitative estimate of drug-likeness (QED) is 0.0229. The molecule has 55 heavy (non-hydrogen) atoms. The Hall–Kier alpha value is -4.01. The van der Waals surface area contributed by atoms with Gasteiger partial charge in [-0.3, -0.25) is 9.59 Å². The summed E-state index contributed by atoms with van der Waals surface area (Å²) >= 11 is 0. The highest BCUT2D eigenvalue weighted by atomic mass is 16.6. The van der Waals surface area contributed by atoms with Gasteiger partial charge in [0.2, 0.25) is 0 Å². The minimum absolute atomic E-state index is 0.0249. The van der Waals surface area contributed by atoms with Crippen LogP contribution in [0.1, 0.15) is 117 Å². The average molecular weight is 765 g/mol. The van der Waals surface area contributed by atoms with Crippen LogP contribution in [0.3, 0.4) is 0 Å². The van der Waals surface area contributed by atoms with Crippen LogP contribution in [0.2, 0.25) is 0 Å². The van der Waals surface area contributed by atoms with Crippen LogP contribution < -0.4 is 0 Å². The summed E-state index contributed by atoms with van der Waals surface area (Å²) in [5, 5.41) is 9.60. The molecule has 1 N–H and O–H groups in total. The second-order valence-electron chi connectivity index (χ2n) is 14.2. The van der Waals surface area contributed by atoms with E-state index >= 15 is 0 Å². The minimum Gasteiger partial charge on any atom is -0.477 e. The van der Waals surface area contributed by atoms with Crippen molar-refractivity contribution in [2.45, 2.75) is 129 Å². The molecule has 0 aliphatic carbocycles. The van der Waals surface area contributed by atoms with Crippen LogP contribution in [-0.4, -0.2) is 80.6 Å². The van der Waals surface area contributed by atoms with E-state index in [1.807, 2.05) is 69.8 Å². The highest BCUT2D eigenvalue weighted by molar-refractivity contribution is 5.72. The van der Waals surface area contributed by atoms with E-state index in [1.165, 1.54) is 0 Å². The standard InChI is InChI=1S/C47H73NO7/c1-6-8-10-12-14-16-18-20-22-24-25-27-29-31-33-35-37-45(49)54-42-43(41-53-40-39-44(47(51)52)48(3,4)5)55-46(50)38-36-34-32-30-28-26-23-21-19-17-15-13-11-9-7-2/h8-11,13-17,19-23,25-28,43-44H,6-7,12,18,24,29-42H2,1-5H3/p+1/b10-8+,11-9+,15-13+,16-14+,19-17+,22-20+,23-21+,27-25+,28-26+. The summed E-state index contributed by atoms with van der Waals surface area (Å²) < 4.78 is 17.2. The lowest BCUT2D eigenvalue weighted by atomic mass is 10.1. The Balaban J connectivity index is 4.56. The number of hydrogen-bond acceptors (Lipinski definition) is 6. The Labute approximate surface area is 334 Å². The third-order valence-corrected chi connectivity index (χ3v) is 8.30. The van der Waals surface area contributed by atoms with Crippen LogP contribution in [0.4, 0.5) is 0 Å². The zero-order valence-electron chi connectivity index (χ0n) is 34.8. The van der Waals surface area contributed by atoms with E-state index in [-0.39, 0.29) is 42.7 Å². The number of rotatable bonds is 34. The van der Waals surface area contributed by atoms with Crippen LogP contribution in [0.5, 0.6) is 0 Å². The molecule has 0 radical (unpaired) electrons. The van der Waals surface area contributed by atoms with Gasteiger partial charge in [-0.05, 0) is 70.6 Å². The van der Waals surface area contributed by atoms with Gasteiger partial charge in [-0.1, -0.05) is 136 Å². The Kier molecular flexibility index (Phi) is 34.2. The lowest BCUT2D eigenvalue weighted by Crippen LogP contribution is -2.50. The van der Waals surface area contributed by atoms with E-state index in [0.29, 0.717) is 19.3 Å². The number of esters is 2. The minimum atomic E-state index is -0.894. The number of allylic oxidation sites excluding steroid dienone is 18. The van der Waals surface area contributed by atoms with Crippen molar-refractivity contribution in [1.82, 2.24) is 0 Å². The molecule has 0 bridgehead atoms. The fourth-order valence-electron chi connectivity index (χ4n) is 5.16. The van der Waals surface area contributed by atoms with E-state index in [1.54, 1.807) is 0 Å². The summed E-state index contributed by atoms with van der Waals surface area (Å²) in [6.07, 6.45) is 49.9. The van der Waals surface area contributed by atoms with Gasteiger partial charge in [-0.2, -0.15) is 0 Å². The molecule has 8 heteroatoms. The zero-order valence-corrected chi connectivity index (χ0v) is 34.8. The first-order chi connectivity index (χ1) is 26.6. The van der Waals surface area contributed by atoms with Crippen molar-refractivity contribution in [3.05, 3.63) is 109 Å². The van der Waals surface area contributed by atoms with Gasteiger partial charge >= 0.3 is 17.9 Å². The lowest BCUT2D eigenvalue weighted by molar-refractivity contribution is -0.887. The van der Waals surface area contributed by atoms with Crippen molar-refractivity contribution >= 4 is 17.9 Å². The molecule has 2 unspecified atom stereocenters. The number of aliphatic carboxylic acids is 1. The summed E-state index contributed by atoms with van der Waals surface area (Å²) in [6.45, 7) is 4.36. The molecule has 0 heterocycles. The smallest absolute Gasteiger partial charge is 0.362 e. The van der Waals surface area contributed by atoms with Crippen LogP contribution in [0.25, 0.3) is 0 Å². The van der Waals surface area contributed by atoms with Crippen molar-refractivity contribution in [2.24, 2.45) is 0 Å². The number of hydrogen-bond donors (Lipinski definition) is 1. The fraction of sp³-hybridized carbons (Fsp3) is 0.553. The average Bonchev–Trinajstić information content (AvgIpc) is 3.14. The topological polar surface area (TPSA) is 99.1 Å². The summed E-state index contributed by atoms with van der Waals surface area (Å²) in [5.74, 6) is -1.58. The Morgan fingerprint density at radius 1 is 0.564 bits per heavy atom.